The van der Waals surface area contributed by atoms with E-state index in [0.717, 1.165) is 50.4 Å². The Balaban J connectivity index is 1.09. The molecule has 1 fully saturated rings. The third-order valence-electron chi connectivity index (χ3n) is 7.39. The van der Waals surface area contributed by atoms with Gasteiger partial charge in [0.15, 0.2) is 0 Å². The van der Waals surface area contributed by atoms with E-state index in [2.05, 4.69) is 44.7 Å². The molecule has 7 nitrogen and oxygen atoms in total. The molecule has 0 aromatic heterocycles. The largest absolute Gasteiger partial charge is 0.496 e. The predicted octanol–water partition coefficient (Wildman–Crippen LogP) is 5.16. The van der Waals surface area contributed by atoms with Crippen molar-refractivity contribution >= 4 is 17.5 Å². The van der Waals surface area contributed by atoms with Crippen LogP contribution >= 0.6 is 0 Å². The summed E-state index contributed by atoms with van der Waals surface area (Å²) in [6, 6.07) is 33.1. The highest BCUT2D eigenvalue weighted by Crippen LogP contribution is 2.24. The minimum absolute atomic E-state index is 0.195. The minimum atomic E-state index is -0.229. The SMILES string of the molecule is COc1cc(NC(=O)c2ccc(-c3ccccc3)cc2)ccc1C(=O)NCCN1CCN(Cc2ccccc2)CC1. The Morgan fingerprint density at radius 3 is 2.05 bits per heavy atom. The van der Waals surface area contributed by atoms with Crippen LogP contribution in [0.25, 0.3) is 11.1 Å². The molecular formula is C34H36N4O3. The molecule has 2 N–H and O–H groups in total. The molecule has 0 radical (unpaired) electrons. The summed E-state index contributed by atoms with van der Waals surface area (Å²) in [7, 11) is 1.52. The summed E-state index contributed by atoms with van der Waals surface area (Å²) in [4.78, 5) is 30.6. The minimum Gasteiger partial charge on any atom is -0.496 e. The lowest BCUT2D eigenvalue weighted by Crippen LogP contribution is -2.48. The molecule has 1 heterocycles. The third kappa shape index (κ3) is 7.60. The fourth-order valence-corrected chi connectivity index (χ4v) is 5.04. The van der Waals surface area contributed by atoms with Gasteiger partial charge in [-0.3, -0.25) is 19.4 Å². The van der Waals surface area contributed by atoms with Crippen LogP contribution in [-0.4, -0.2) is 68.0 Å². The van der Waals surface area contributed by atoms with Gasteiger partial charge in [0.25, 0.3) is 11.8 Å². The summed E-state index contributed by atoms with van der Waals surface area (Å²) in [5.41, 5.74) is 5.02. The number of hydrogen-bond donors (Lipinski definition) is 2. The van der Waals surface area contributed by atoms with E-state index in [1.165, 1.54) is 12.7 Å². The maximum absolute atomic E-state index is 12.9. The summed E-state index contributed by atoms with van der Waals surface area (Å²) in [5, 5.41) is 5.92. The molecule has 5 rings (SSSR count). The smallest absolute Gasteiger partial charge is 0.255 e. The highest BCUT2D eigenvalue weighted by Gasteiger charge is 2.18. The van der Waals surface area contributed by atoms with Crippen LogP contribution in [0.3, 0.4) is 0 Å². The van der Waals surface area contributed by atoms with Crippen LogP contribution in [0.1, 0.15) is 26.3 Å². The van der Waals surface area contributed by atoms with Crippen LogP contribution < -0.4 is 15.4 Å². The second kappa shape index (κ2) is 13.7. The third-order valence-corrected chi connectivity index (χ3v) is 7.39. The molecule has 210 valence electrons. The van der Waals surface area contributed by atoms with Crippen LogP contribution in [0.5, 0.6) is 5.75 Å². The number of nitrogens with zero attached hydrogens (tertiary/aromatic N) is 2. The number of methoxy groups -OCH3 is 1. The van der Waals surface area contributed by atoms with Crippen molar-refractivity contribution in [1.29, 1.82) is 0 Å². The Morgan fingerprint density at radius 2 is 1.37 bits per heavy atom. The van der Waals surface area contributed by atoms with Gasteiger partial charge in [0.2, 0.25) is 0 Å². The Morgan fingerprint density at radius 1 is 0.732 bits per heavy atom. The van der Waals surface area contributed by atoms with E-state index in [4.69, 9.17) is 4.74 Å². The molecule has 0 aliphatic carbocycles. The van der Waals surface area contributed by atoms with E-state index >= 15 is 0 Å². The average molecular weight is 549 g/mol. The van der Waals surface area contributed by atoms with Gasteiger partial charge in [-0.05, 0) is 41.0 Å². The summed E-state index contributed by atoms with van der Waals surface area (Å²) < 4.78 is 5.49. The van der Waals surface area contributed by atoms with E-state index in [1.807, 2.05) is 48.5 Å². The molecule has 4 aromatic rings. The molecule has 0 spiro atoms. The van der Waals surface area contributed by atoms with Crippen molar-refractivity contribution in [2.24, 2.45) is 0 Å². The second-order valence-corrected chi connectivity index (χ2v) is 10.2. The number of carbonyl (C=O) groups excluding carboxylic acids is 2. The first-order chi connectivity index (χ1) is 20.1. The monoisotopic (exact) mass is 548 g/mol. The number of piperazine rings is 1. The van der Waals surface area contributed by atoms with E-state index in [9.17, 15) is 9.59 Å². The summed E-state index contributed by atoms with van der Waals surface area (Å²) in [5.74, 6) is -0.0130. The number of hydrogen-bond acceptors (Lipinski definition) is 5. The highest BCUT2D eigenvalue weighted by atomic mass is 16.5. The van der Waals surface area contributed by atoms with Crippen molar-refractivity contribution in [2.45, 2.75) is 6.54 Å². The molecule has 7 heteroatoms. The lowest BCUT2D eigenvalue weighted by Gasteiger charge is -2.34. The molecule has 2 amide bonds. The van der Waals surface area contributed by atoms with Gasteiger partial charge in [-0.15, -0.1) is 0 Å². The van der Waals surface area contributed by atoms with Gasteiger partial charge in [0.05, 0.1) is 12.7 Å². The zero-order valence-electron chi connectivity index (χ0n) is 23.4. The zero-order chi connectivity index (χ0) is 28.4. The molecule has 4 aromatic carbocycles. The van der Waals surface area contributed by atoms with Crippen molar-refractivity contribution < 1.29 is 14.3 Å². The van der Waals surface area contributed by atoms with Crippen molar-refractivity contribution in [2.75, 3.05) is 51.7 Å². The van der Waals surface area contributed by atoms with Gasteiger partial charge >= 0.3 is 0 Å². The van der Waals surface area contributed by atoms with Gasteiger partial charge in [0.1, 0.15) is 5.75 Å². The van der Waals surface area contributed by atoms with Crippen molar-refractivity contribution in [3.8, 4) is 16.9 Å². The van der Waals surface area contributed by atoms with Crippen molar-refractivity contribution in [1.82, 2.24) is 15.1 Å². The standard InChI is InChI=1S/C34H36N4O3/c1-41-32-24-30(36-33(39)29-14-12-28(13-15-29)27-10-6-3-7-11-27)16-17-31(32)34(40)35-18-19-37-20-22-38(23-21-37)25-26-8-4-2-5-9-26/h2-17,24H,18-23,25H2,1H3,(H,35,40)(H,36,39). The Labute approximate surface area is 241 Å². The molecule has 0 bridgehead atoms. The normalized spacial score (nSPS) is 13.9. The number of anilines is 1. The lowest BCUT2D eigenvalue weighted by atomic mass is 10.0. The maximum atomic E-state index is 12.9. The summed E-state index contributed by atoms with van der Waals surface area (Å²) >= 11 is 0. The molecule has 1 aliphatic heterocycles. The van der Waals surface area contributed by atoms with Gasteiger partial charge in [-0.25, -0.2) is 0 Å². The fourth-order valence-electron chi connectivity index (χ4n) is 5.04. The highest BCUT2D eigenvalue weighted by molar-refractivity contribution is 6.05. The predicted molar refractivity (Wildman–Crippen MR) is 163 cm³/mol. The number of rotatable bonds is 10. The zero-order valence-corrected chi connectivity index (χ0v) is 23.4. The van der Waals surface area contributed by atoms with Crippen LogP contribution in [0, 0.1) is 0 Å². The Hall–Kier alpha value is -4.46. The summed E-state index contributed by atoms with van der Waals surface area (Å²) in [6.45, 7) is 6.32. The number of ether oxygens (including phenoxy) is 1. The first kappa shape index (κ1) is 28.1. The van der Waals surface area contributed by atoms with E-state index in [1.54, 1.807) is 30.3 Å². The molecule has 41 heavy (non-hydrogen) atoms. The quantitative estimate of drug-likeness (QED) is 0.286. The topological polar surface area (TPSA) is 73.9 Å². The molecule has 0 unspecified atom stereocenters. The molecule has 0 saturated carbocycles. The van der Waals surface area contributed by atoms with Gasteiger partial charge < -0.3 is 15.4 Å². The first-order valence-electron chi connectivity index (χ1n) is 14.0. The number of nitrogens with one attached hydrogen (secondary N) is 2. The molecule has 1 saturated heterocycles. The number of carbonyl (C=O) groups is 2. The molecule has 0 atom stereocenters. The van der Waals surface area contributed by atoms with Gasteiger partial charge in [-0.1, -0.05) is 72.8 Å². The van der Waals surface area contributed by atoms with Crippen LogP contribution in [0.2, 0.25) is 0 Å². The van der Waals surface area contributed by atoms with E-state index in [0.29, 0.717) is 29.1 Å². The van der Waals surface area contributed by atoms with E-state index in [-0.39, 0.29) is 11.8 Å². The molecule has 1 aliphatic rings. The summed E-state index contributed by atoms with van der Waals surface area (Å²) in [6.07, 6.45) is 0. The van der Waals surface area contributed by atoms with Crippen LogP contribution in [-0.2, 0) is 6.54 Å². The lowest BCUT2D eigenvalue weighted by molar-refractivity contribution is 0.0930. The van der Waals surface area contributed by atoms with Gasteiger partial charge in [-0.2, -0.15) is 0 Å². The first-order valence-corrected chi connectivity index (χ1v) is 14.0. The average Bonchev–Trinajstić information content (AvgIpc) is 3.02. The second-order valence-electron chi connectivity index (χ2n) is 10.2. The van der Waals surface area contributed by atoms with Crippen LogP contribution in [0.4, 0.5) is 5.69 Å². The molecular weight excluding hydrogens is 512 g/mol. The Bertz CT molecular complexity index is 1430. The number of amides is 2. The van der Waals surface area contributed by atoms with E-state index < -0.39 is 0 Å². The fraction of sp³-hybridized carbons (Fsp3) is 0.235. The maximum Gasteiger partial charge on any atom is 0.255 e. The van der Waals surface area contributed by atoms with Crippen molar-refractivity contribution in [3.63, 3.8) is 0 Å². The van der Waals surface area contributed by atoms with Crippen molar-refractivity contribution in [3.05, 3.63) is 120 Å². The van der Waals surface area contributed by atoms with Gasteiger partial charge in [0, 0.05) is 63.1 Å². The van der Waals surface area contributed by atoms with Crippen LogP contribution in [0.15, 0.2) is 103 Å². The number of benzene rings is 4. The Kier molecular flexibility index (Phi) is 9.41.